The summed E-state index contributed by atoms with van der Waals surface area (Å²) in [6, 6.07) is 21.2. The van der Waals surface area contributed by atoms with Crippen molar-refractivity contribution in [3.8, 4) is 0 Å². The van der Waals surface area contributed by atoms with Crippen molar-refractivity contribution in [1.82, 2.24) is 9.80 Å². The Bertz CT molecular complexity index is 663. The van der Waals surface area contributed by atoms with Crippen LogP contribution in [0.3, 0.4) is 0 Å². The summed E-state index contributed by atoms with van der Waals surface area (Å²) in [7, 11) is 4.17. The minimum Gasteiger partial charge on any atom is -0.339 e. The molecule has 3 heteroatoms. The van der Waals surface area contributed by atoms with Crippen LogP contribution < -0.4 is 0 Å². The Morgan fingerprint density at radius 2 is 1.36 bits per heavy atom. The fraction of sp³-hybridized carbons (Fsp3) is 0.409. The van der Waals surface area contributed by atoms with Gasteiger partial charge in [0.1, 0.15) is 0 Å². The summed E-state index contributed by atoms with van der Waals surface area (Å²) in [5.74, 6) is 0.140. The maximum atomic E-state index is 12.6. The molecular formula is C22H28N2O. The fourth-order valence-corrected chi connectivity index (χ4v) is 3.84. The fourth-order valence-electron chi connectivity index (χ4n) is 3.84. The molecule has 1 saturated carbocycles. The second kappa shape index (κ2) is 8.30. The summed E-state index contributed by atoms with van der Waals surface area (Å²) < 4.78 is 0. The first-order valence-corrected chi connectivity index (χ1v) is 9.21. The number of carbonyl (C=O) groups excluding carboxylic acids is 1. The Morgan fingerprint density at radius 1 is 0.840 bits per heavy atom. The topological polar surface area (TPSA) is 23.6 Å². The van der Waals surface area contributed by atoms with Gasteiger partial charge in [0.25, 0.3) is 5.91 Å². The molecule has 1 aliphatic carbocycles. The lowest BCUT2D eigenvalue weighted by Gasteiger charge is -2.38. The van der Waals surface area contributed by atoms with Crippen molar-refractivity contribution in [2.75, 3.05) is 14.1 Å². The zero-order valence-corrected chi connectivity index (χ0v) is 15.3. The van der Waals surface area contributed by atoms with E-state index in [-0.39, 0.29) is 5.91 Å². The van der Waals surface area contributed by atoms with Crippen molar-refractivity contribution >= 4 is 5.91 Å². The molecular weight excluding hydrogens is 308 g/mol. The SMILES string of the molecule is CN(Cc1ccccc1)C1CCC(N(C)C(=O)c2ccccc2)CC1. The molecule has 2 aromatic carbocycles. The first kappa shape index (κ1) is 17.7. The summed E-state index contributed by atoms with van der Waals surface area (Å²) in [6.45, 7) is 0.995. The zero-order chi connectivity index (χ0) is 17.6. The Kier molecular flexibility index (Phi) is 5.87. The first-order valence-electron chi connectivity index (χ1n) is 9.21. The predicted molar refractivity (Wildman–Crippen MR) is 102 cm³/mol. The van der Waals surface area contributed by atoms with E-state index in [0.29, 0.717) is 12.1 Å². The molecule has 0 aliphatic heterocycles. The standard InChI is InChI=1S/C22H28N2O/c1-23(17-18-9-5-3-6-10-18)20-13-15-21(16-14-20)24(2)22(25)19-11-7-4-8-12-19/h3-12,20-21H,13-17H2,1-2H3. The van der Waals surface area contributed by atoms with E-state index in [4.69, 9.17) is 0 Å². The molecule has 2 aromatic rings. The van der Waals surface area contributed by atoms with Crippen molar-refractivity contribution in [1.29, 1.82) is 0 Å². The molecule has 0 spiro atoms. The van der Waals surface area contributed by atoms with Gasteiger partial charge in [0.05, 0.1) is 0 Å². The normalized spacial score (nSPS) is 20.4. The summed E-state index contributed by atoms with van der Waals surface area (Å²) >= 11 is 0. The summed E-state index contributed by atoms with van der Waals surface area (Å²) in [6.07, 6.45) is 4.47. The Morgan fingerprint density at radius 3 is 1.96 bits per heavy atom. The molecule has 0 heterocycles. The third-order valence-corrected chi connectivity index (χ3v) is 5.45. The minimum absolute atomic E-state index is 0.140. The van der Waals surface area contributed by atoms with Gasteiger partial charge in [-0.15, -0.1) is 0 Å². The molecule has 0 bridgehead atoms. The molecule has 0 atom stereocenters. The van der Waals surface area contributed by atoms with Crippen LogP contribution in [0.2, 0.25) is 0 Å². The van der Waals surface area contributed by atoms with Gasteiger partial charge < -0.3 is 4.90 Å². The average molecular weight is 336 g/mol. The third-order valence-electron chi connectivity index (χ3n) is 5.45. The van der Waals surface area contributed by atoms with Crippen LogP contribution in [-0.2, 0) is 6.54 Å². The van der Waals surface area contributed by atoms with E-state index in [1.165, 1.54) is 5.56 Å². The highest BCUT2D eigenvalue weighted by Crippen LogP contribution is 2.27. The Balaban J connectivity index is 1.52. The van der Waals surface area contributed by atoms with Crippen LogP contribution in [0.15, 0.2) is 60.7 Å². The smallest absolute Gasteiger partial charge is 0.253 e. The highest BCUT2D eigenvalue weighted by atomic mass is 16.2. The van der Waals surface area contributed by atoms with E-state index in [9.17, 15) is 4.79 Å². The maximum absolute atomic E-state index is 12.6. The monoisotopic (exact) mass is 336 g/mol. The number of rotatable bonds is 5. The van der Waals surface area contributed by atoms with Crippen molar-refractivity contribution in [3.05, 3.63) is 71.8 Å². The lowest BCUT2D eigenvalue weighted by Crippen LogP contribution is -2.43. The second-order valence-electron chi connectivity index (χ2n) is 7.15. The van der Waals surface area contributed by atoms with E-state index >= 15 is 0 Å². The summed E-state index contributed by atoms with van der Waals surface area (Å²) in [5, 5.41) is 0. The zero-order valence-electron chi connectivity index (χ0n) is 15.3. The van der Waals surface area contributed by atoms with Crippen LogP contribution in [0, 0.1) is 0 Å². The van der Waals surface area contributed by atoms with E-state index < -0.39 is 0 Å². The van der Waals surface area contributed by atoms with Crippen molar-refractivity contribution in [2.45, 2.75) is 44.3 Å². The number of amides is 1. The van der Waals surface area contributed by atoms with Gasteiger partial charge in [0.2, 0.25) is 0 Å². The molecule has 1 fully saturated rings. The van der Waals surface area contributed by atoms with Crippen LogP contribution in [0.4, 0.5) is 0 Å². The maximum Gasteiger partial charge on any atom is 0.253 e. The van der Waals surface area contributed by atoms with Crippen molar-refractivity contribution in [3.63, 3.8) is 0 Å². The van der Waals surface area contributed by atoms with Gasteiger partial charge in [-0.05, 0) is 50.4 Å². The molecule has 0 radical (unpaired) electrons. The lowest BCUT2D eigenvalue weighted by atomic mass is 9.89. The average Bonchev–Trinajstić information content (AvgIpc) is 2.68. The largest absolute Gasteiger partial charge is 0.339 e. The molecule has 3 rings (SSSR count). The molecule has 132 valence electrons. The van der Waals surface area contributed by atoms with Crippen LogP contribution in [0.25, 0.3) is 0 Å². The van der Waals surface area contributed by atoms with Gasteiger partial charge in [-0.1, -0.05) is 48.5 Å². The highest BCUT2D eigenvalue weighted by Gasteiger charge is 2.28. The van der Waals surface area contributed by atoms with Gasteiger partial charge >= 0.3 is 0 Å². The van der Waals surface area contributed by atoms with Gasteiger partial charge in [0, 0.05) is 31.2 Å². The minimum atomic E-state index is 0.140. The van der Waals surface area contributed by atoms with Gasteiger partial charge in [-0.2, -0.15) is 0 Å². The molecule has 1 aliphatic rings. The van der Waals surface area contributed by atoms with E-state index in [2.05, 4.69) is 42.3 Å². The second-order valence-corrected chi connectivity index (χ2v) is 7.15. The molecule has 1 amide bonds. The third kappa shape index (κ3) is 4.49. The lowest BCUT2D eigenvalue weighted by molar-refractivity contribution is 0.0643. The van der Waals surface area contributed by atoms with E-state index in [0.717, 1.165) is 37.8 Å². The van der Waals surface area contributed by atoms with Gasteiger partial charge in [0.15, 0.2) is 0 Å². The Hall–Kier alpha value is -2.13. The van der Waals surface area contributed by atoms with Crippen LogP contribution in [0.5, 0.6) is 0 Å². The molecule has 25 heavy (non-hydrogen) atoms. The predicted octanol–water partition coefficient (Wildman–Crippen LogP) is 4.20. The van der Waals surface area contributed by atoms with Gasteiger partial charge in [-0.25, -0.2) is 0 Å². The number of carbonyl (C=O) groups is 1. The van der Waals surface area contributed by atoms with E-state index in [1.54, 1.807) is 0 Å². The first-order chi connectivity index (χ1) is 12.1. The van der Waals surface area contributed by atoms with Crippen LogP contribution in [0.1, 0.15) is 41.6 Å². The highest BCUT2D eigenvalue weighted by molar-refractivity contribution is 5.94. The number of hydrogen-bond acceptors (Lipinski definition) is 2. The molecule has 0 unspecified atom stereocenters. The van der Waals surface area contributed by atoms with Gasteiger partial charge in [-0.3, -0.25) is 9.69 Å². The molecule has 0 aromatic heterocycles. The summed E-state index contributed by atoms with van der Waals surface area (Å²) in [5.41, 5.74) is 2.15. The number of hydrogen-bond donors (Lipinski definition) is 0. The molecule has 3 nitrogen and oxygen atoms in total. The van der Waals surface area contributed by atoms with Crippen LogP contribution >= 0.6 is 0 Å². The quantitative estimate of drug-likeness (QED) is 0.817. The van der Waals surface area contributed by atoms with Crippen molar-refractivity contribution < 1.29 is 4.79 Å². The number of nitrogens with zero attached hydrogens (tertiary/aromatic N) is 2. The number of benzene rings is 2. The Labute approximate surface area is 151 Å². The summed E-state index contributed by atoms with van der Waals surface area (Å²) in [4.78, 5) is 17.0. The van der Waals surface area contributed by atoms with E-state index in [1.807, 2.05) is 42.3 Å². The van der Waals surface area contributed by atoms with Crippen LogP contribution in [-0.4, -0.2) is 41.9 Å². The molecule has 0 saturated heterocycles. The molecule has 0 N–H and O–H groups in total. The van der Waals surface area contributed by atoms with Crippen molar-refractivity contribution in [2.24, 2.45) is 0 Å².